The number of nitrogens with one attached hydrogen (secondary N) is 1. The van der Waals surface area contributed by atoms with Crippen LogP contribution >= 0.6 is 0 Å². The molecule has 2 aliphatic rings. The molecule has 0 amide bonds. The van der Waals surface area contributed by atoms with Crippen molar-refractivity contribution < 1.29 is 4.74 Å². The van der Waals surface area contributed by atoms with E-state index in [4.69, 9.17) is 4.74 Å². The Kier molecular flexibility index (Phi) is 4.97. The van der Waals surface area contributed by atoms with Crippen LogP contribution in [0.25, 0.3) is 5.57 Å². The number of hydrogen-bond acceptors (Lipinski definition) is 2. The number of rotatable bonds is 4. The van der Waals surface area contributed by atoms with E-state index in [1.165, 1.54) is 43.2 Å². The molecule has 0 radical (unpaired) electrons. The van der Waals surface area contributed by atoms with Crippen LogP contribution in [0.3, 0.4) is 0 Å². The molecule has 2 nitrogen and oxygen atoms in total. The Morgan fingerprint density at radius 2 is 1.95 bits per heavy atom. The standard InChI is InChI=1S/C19H27NO/c1-2-15-5-3-4-6-19(15)21-18-9-7-16(8-10-18)17-11-13-20-14-12-17/h7-11,15,19-20H,2-6,12-14H2,1H3. The monoisotopic (exact) mass is 285 g/mol. The second-order valence-corrected chi connectivity index (χ2v) is 6.32. The zero-order valence-electron chi connectivity index (χ0n) is 13.1. The molecule has 0 spiro atoms. The summed E-state index contributed by atoms with van der Waals surface area (Å²) >= 11 is 0. The molecule has 2 atom stereocenters. The molecule has 0 aromatic heterocycles. The maximum absolute atomic E-state index is 6.27. The molecule has 114 valence electrons. The van der Waals surface area contributed by atoms with Gasteiger partial charge in [0.1, 0.15) is 11.9 Å². The van der Waals surface area contributed by atoms with E-state index in [9.17, 15) is 0 Å². The summed E-state index contributed by atoms with van der Waals surface area (Å²) in [7, 11) is 0. The number of hydrogen-bond donors (Lipinski definition) is 1. The van der Waals surface area contributed by atoms with E-state index >= 15 is 0 Å². The number of benzene rings is 1. The van der Waals surface area contributed by atoms with Crippen molar-refractivity contribution in [2.75, 3.05) is 13.1 Å². The average Bonchev–Trinajstić information content (AvgIpc) is 2.57. The van der Waals surface area contributed by atoms with Crippen LogP contribution in [0, 0.1) is 5.92 Å². The zero-order valence-corrected chi connectivity index (χ0v) is 13.1. The summed E-state index contributed by atoms with van der Waals surface area (Å²) in [6.45, 7) is 4.37. The molecular formula is C19H27NO. The third kappa shape index (κ3) is 3.68. The third-order valence-electron chi connectivity index (χ3n) is 4.94. The lowest BCUT2D eigenvalue weighted by atomic mass is 9.85. The molecule has 1 aromatic rings. The van der Waals surface area contributed by atoms with E-state index in [1.54, 1.807) is 0 Å². The Bertz CT molecular complexity index is 477. The van der Waals surface area contributed by atoms with Crippen molar-refractivity contribution in [3.05, 3.63) is 35.9 Å². The second kappa shape index (κ2) is 7.13. The Labute approximate surface area is 128 Å². The van der Waals surface area contributed by atoms with Crippen molar-refractivity contribution in [3.8, 4) is 5.75 Å². The lowest BCUT2D eigenvalue weighted by Gasteiger charge is -2.31. The van der Waals surface area contributed by atoms with Crippen molar-refractivity contribution in [2.45, 2.75) is 51.6 Å². The molecule has 1 fully saturated rings. The summed E-state index contributed by atoms with van der Waals surface area (Å²) in [5, 5.41) is 3.36. The van der Waals surface area contributed by atoms with Crippen LogP contribution < -0.4 is 10.1 Å². The maximum Gasteiger partial charge on any atom is 0.119 e. The van der Waals surface area contributed by atoms with Gasteiger partial charge in [0.2, 0.25) is 0 Å². The van der Waals surface area contributed by atoms with Gasteiger partial charge in [0.15, 0.2) is 0 Å². The van der Waals surface area contributed by atoms with Gasteiger partial charge >= 0.3 is 0 Å². The highest BCUT2D eigenvalue weighted by Gasteiger charge is 2.25. The molecule has 3 rings (SSSR count). The fraction of sp³-hybridized carbons (Fsp3) is 0.579. The predicted octanol–water partition coefficient (Wildman–Crippen LogP) is 4.41. The quantitative estimate of drug-likeness (QED) is 0.884. The van der Waals surface area contributed by atoms with Crippen LogP contribution in [-0.2, 0) is 0 Å². The summed E-state index contributed by atoms with van der Waals surface area (Å²) in [5.74, 6) is 1.78. The predicted molar refractivity (Wildman–Crippen MR) is 88.6 cm³/mol. The Hall–Kier alpha value is -1.28. The smallest absolute Gasteiger partial charge is 0.119 e. The highest BCUT2D eigenvalue weighted by atomic mass is 16.5. The molecule has 1 aliphatic heterocycles. The molecule has 0 bridgehead atoms. The van der Waals surface area contributed by atoms with Crippen molar-refractivity contribution >= 4 is 5.57 Å². The van der Waals surface area contributed by atoms with Gasteiger partial charge in [-0.3, -0.25) is 0 Å². The Balaban J connectivity index is 1.65. The Morgan fingerprint density at radius 3 is 2.67 bits per heavy atom. The van der Waals surface area contributed by atoms with Gasteiger partial charge in [0, 0.05) is 6.54 Å². The van der Waals surface area contributed by atoms with E-state index in [-0.39, 0.29) is 0 Å². The fourth-order valence-corrected chi connectivity index (χ4v) is 3.60. The van der Waals surface area contributed by atoms with Gasteiger partial charge < -0.3 is 10.1 Å². The van der Waals surface area contributed by atoms with Crippen LogP contribution in [-0.4, -0.2) is 19.2 Å². The van der Waals surface area contributed by atoms with E-state index in [0.717, 1.165) is 31.2 Å². The molecule has 1 aliphatic carbocycles. The molecule has 1 heterocycles. The molecule has 0 saturated heterocycles. The van der Waals surface area contributed by atoms with Gasteiger partial charge in [-0.1, -0.05) is 31.6 Å². The van der Waals surface area contributed by atoms with Crippen LogP contribution in [0.2, 0.25) is 0 Å². The van der Waals surface area contributed by atoms with Crippen LogP contribution in [0.4, 0.5) is 0 Å². The van der Waals surface area contributed by atoms with Crippen LogP contribution in [0.15, 0.2) is 30.3 Å². The summed E-state index contributed by atoms with van der Waals surface area (Å²) in [4.78, 5) is 0. The minimum atomic E-state index is 0.424. The topological polar surface area (TPSA) is 21.3 Å². The largest absolute Gasteiger partial charge is 0.490 e. The fourth-order valence-electron chi connectivity index (χ4n) is 3.60. The van der Waals surface area contributed by atoms with Crippen molar-refractivity contribution in [1.29, 1.82) is 0 Å². The highest BCUT2D eigenvalue weighted by molar-refractivity contribution is 5.67. The van der Waals surface area contributed by atoms with Crippen molar-refractivity contribution in [1.82, 2.24) is 5.32 Å². The number of ether oxygens (including phenoxy) is 1. The lowest BCUT2D eigenvalue weighted by molar-refractivity contribution is 0.0904. The summed E-state index contributed by atoms with van der Waals surface area (Å²) < 4.78 is 6.27. The first kappa shape index (κ1) is 14.6. The van der Waals surface area contributed by atoms with Gasteiger partial charge in [-0.05, 0) is 67.8 Å². The molecule has 2 unspecified atom stereocenters. The van der Waals surface area contributed by atoms with Gasteiger partial charge in [-0.25, -0.2) is 0 Å². The maximum atomic E-state index is 6.27. The van der Waals surface area contributed by atoms with E-state index in [1.807, 2.05) is 0 Å². The molecule has 1 N–H and O–H groups in total. The van der Waals surface area contributed by atoms with Crippen molar-refractivity contribution in [3.63, 3.8) is 0 Å². The summed E-state index contributed by atoms with van der Waals surface area (Å²) in [5.41, 5.74) is 2.81. The van der Waals surface area contributed by atoms with Gasteiger partial charge in [-0.2, -0.15) is 0 Å². The normalized spacial score (nSPS) is 26.2. The minimum absolute atomic E-state index is 0.424. The zero-order chi connectivity index (χ0) is 14.5. The van der Waals surface area contributed by atoms with Gasteiger partial charge in [-0.15, -0.1) is 0 Å². The summed E-state index contributed by atoms with van der Waals surface area (Å²) in [6.07, 6.45) is 10.3. The lowest BCUT2D eigenvalue weighted by Crippen LogP contribution is -2.29. The van der Waals surface area contributed by atoms with Crippen LogP contribution in [0.1, 0.15) is 51.0 Å². The molecular weight excluding hydrogens is 258 g/mol. The molecule has 1 saturated carbocycles. The van der Waals surface area contributed by atoms with E-state index in [2.05, 4.69) is 42.6 Å². The SMILES string of the molecule is CCC1CCCCC1Oc1ccc(C2=CCNCC2)cc1. The summed E-state index contributed by atoms with van der Waals surface area (Å²) in [6, 6.07) is 8.74. The van der Waals surface area contributed by atoms with Gasteiger partial charge in [0.05, 0.1) is 0 Å². The third-order valence-corrected chi connectivity index (χ3v) is 4.94. The molecule has 21 heavy (non-hydrogen) atoms. The molecule has 2 heteroatoms. The Morgan fingerprint density at radius 1 is 1.14 bits per heavy atom. The van der Waals surface area contributed by atoms with Crippen molar-refractivity contribution in [2.24, 2.45) is 5.92 Å². The highest BCUT2D eigenvalue weighted by Crippen LogP contribution is 2.31. The average molecular weight is 285 g/mol. The second-order valence-electron chi connectivity index (χ2n) is 6.32. The minimum Gasteiger partial charge on any atom is -0.490 e. The van der Waals surface area contributed by atoms with Gasteiger partial charge in [0.25, 0.3) is 0 Å². The first-order chi connectivity index (χ1) is 10.4. The first-order valence-corrected chi connectivity index (χ1v) is 8.53. The first-order valence-electron chi connectivity index (χ1n) is 8.53. The molecule has 1 aromatic carbocycles. The van der Waals surface area contributed by atoms with E-state index in [0.29, 0.717) is 6.10 Å². The van der Waals surface area contributed by atoms with E-state index < -0.39 is 0 Å². The van der Waals surface area contributed by atoms with Crippen LogP contribution in [0.5, 0.6) is 5.75 Å².